The van der Waals surface area contributed by atoms with Crippen molar-refractivity contribution in [2.24, 2.45) is 0 Å². The number of ketones is 1. The SMILES string of the molecule is Cc1cc(C(=O)/C=C(\c2cc(Cl)cc(Cl)c2)C(F)(F)F)ccc1S. The average Bonchev–Trinajstić information content (AvgIpc) is 2.45. The summed E-state index contributed by atoms with van der Waals surface area (Å²) in [6.07, 6.45) is -4.18. The van der Waals surface area contributed by atoms with Gasteiger partial charge in [-0.15, -0.1) is 12.6 Å². The molecule has 0 aliphatic heterocycles. The number of alkyl halides is 3. The lowest BCUT2D eigenvalue weighted by Crippen LogP contribution is -2.13. The second-order valence-corrected chi connectivity index (χ2v) is 6.43. The van der Waals surface area contributed by atoms with Crippen molar-refractivity contribution >= 4 is 47.2 Å². The number of halogens is 5. The highest BCUT2D eigenvalue weighted by atomic mass is 35.5. The summed E-state index contributed by atoms with van der Waals surface area (Å²) in [6, 6.07) is 8.01. The Bertz CT molecular complexity index is 809. The minimum atomic E-state index is -4.73. The molecule has 24 heavy (non-hydrogen) atoms. The van der Waals surface area contributed by atoms with Crippen LogP contribution < -0.4 is 0 Å². The molecule has 0 aliphatic rings. The van der Waals surface area contributed by atoms with Crippen LogP contribution in [0.4, 0.5) is 13.2 Å². The van der Waals surface area contributed by atoms with Crippen LogP contribution in [0, 0.1) is 6.92 Å². The van der Waals surface area contributed by atoms with Crippen molar-refractivity contribution in [1.82, 2.24) is 0 Å². The van der Waals surface area contributed by atoms with Crippen molar-refractivity contribution in [3.63, 3.8) is 0 Å². The first kappa shape index (κ1) is 18.9. The van der Waals surface area contributed by atoms with Crippen LogP contribution in [0.3, 0.4) is 0 Å². The Balaban J connectivity index is 2.53. The third-order valence-corrected chi connectivity index (χ3v) is 4.17. The van der Waals surface area contributed by atoms with Gasteiger partial charge in [0.2, 0.25) is 0 Å². The Hall–Kier alpha value is -1.43. The molecule has 0 heterocycles. The van der Waals surface area contributed by atoms with Crippen LogP contribution in [-0.4, -0.2) is 12.0 Å². The summed E-state index contributed by atoms with van der Waals surface area (Å²) in [5.41, 5.74) is -0.544. The first-order valence-electron chi connectivity index (χ1n) is 6.67. The molecule has 126 valence electrons. The maximum Gasteiger partial charge on any atom is 0.417 e. The van der Waals surface area contributed by atoms with Gasteiger partial charge in [-0.3, -0.25) is 4.79 Å². The second kappa shape index (κ2) is 7.21. The van der Waals surface area contributed by atoms with Crippen LogP contribution in [0.5, 0.6) is 0 Å². The minimum absolute atomic E-state index is 0.0513. The molecule has 2 aromatic rings. The molecule has 0 bridgehead atoms. The number of allylic oxidation sites excluding steroid dienone is 2. The number of thiol groups is 1. The van der Waals surface area contributed by atoms with Gasteiger partial charge in [-0.05, 0) is 60.5 Å². The van der Waals surface area contributed by atoms with E-state index in [4.69, 9.17) is 23.2 Å². The van der Waals surface area contributed by atoms with Crippen LogP contribution in [0.1, 0.15) is 21.5 Å². The van der Waals surface area contributed by atoms with E-state index in [0.29, 0.717) is 16.5 Å². The van der Waals surface area contributed by atoms with Crippen molar-refractivity contribution in [3.8, 4) is 0 Å². The summed E-state index contributed by atoms with van der Waals surface area (Å²) in [5, 5.41) is 0.103. The van der Waals surface area contributed by atoms with Crippen molar-refractivity contribution in [3.05, 3.63) is 69.2 Å². The van der Waals surface area contributed by atoms with E-state index in [-0.39, 0.29) is 21.2 Å². The second-order valence-electron chi connectivity index (χ2n) is 5.08. The standard InChI is InChI=1S/C17H11Cl2F3OS/c1-9-4-10(2-3-16(9)24)15(23)8-14(17(20,21)22)11-5-12(18)7-13(19)6-11/h2-8,24H,1H3/b14-8+. The van der Waals surface area contributed by atoms with Crippen LogP contribution in [0.2, 0.25) is 10.0 Å². The molecule has 0 radical (unpaired) electrons. The Morgan fingerprint density at radius 2 is 1.62 bits per heavy atom. The molecular formula is C17H11Cl2F3OS. The molecule has 0 unspecified atom stereocenters. The van der Waals surface area contributed by atoms with Gasteiger partial charge in [-0.1, -0.05) is 23.2 Å². The summed E-state index contributed by atoms with van der Waals surface area (Å²) in [4.78, 5) is 12.9. The molecule has 0 atom stereocenters. The van der Waals surface area contributed by atoms with E-state index in [9.17, 15) is 18.0 Å². The van der Waals surface area contributed by atoms with Gasteiger partial charge in [0.05, 0.1) is 5.57 Å². The minimum Gasteiger partial charge on any atom is -0.289 e. The summed E-state index contributed by atoms with van der Waals surface area (Å²) >= 11 is 15.7. The Morgan fingerprint density at radius 3 is 2.12 bits per heavy atom. The maximum absolute atomic E-state index is 13.4. The van der Waals surface area contributed by atoms with Crippen molar-refractivity contribution < 1.29 is 18.0 Å². The zero-order valence-electron chi connectivity index (χ0n) is 12.3. The predicted molar refractivity (Wildman–Crippen MR) is 93.3 cm³/mol. The number of aryl methyl sites for hydroxylation is 1. The molecule has 2 rings (SSSR count). The van der Waals surface area contributed by atoms with Gasteiger partial charge < -0.3 is 0 Å². The van der Waals surface area contributed by atoms with E-state index in [1.54, 1.807) is 13.0 Å². The molecular weight excluding hydrogens is 380 g/mol. The first-order chi connectivity index (χ1) is 11.1. The number of benzene rings is 2. The average molecular weight is 391 g/mol. The highest BCUT2D eigenvalue weighted by Crippen LogP contribution is 2.36. The van der Waals surface area contributed by atoms with E-state index in [2.05, 4.69) is 12.6 Å². The molecule has 0 aromatic heterocycles. The fourth-order valence-electron chi connectivity index (χ4n) is 2.06. The van der Waals surface area contributed by atoms with Crippen molar-refractivity contribution in [2.45, 2.75) is 18.0 Å². The van der Waals surface area contributed by atoms with Gasteiger partial charge in [-0.2, -0.15) is 13.2 Å². The summed E-state index contributed by atoms with van der Waals surface area (Å²) in [6.45, 7) is 1.71. The van der Waals surface area contributed by atoms with Crippen LogP contribution in [0.25, 0.3) is 5.57 Å². The molecule has 0 amide bonds. The van der Waals surface area contributed by atoms with E-state index in [0.717, 1.165) is 12.1 Å². The topological polar surface area (TPSA) is 17.1 Å². The number of hydrogen-bond donors (Lipinski definition) is 1. The van der Waals surface area contributed by atoms with Crippen molar-refractivity contribution in [2.75, 3.05) is 0 Å². The Kier molecular flexibility index (Phi) is 5.68. The number of hydrogen-bond acceptors (Lipinski definition) is 2. The monoisotopic (exact) mass is 390 g/mol. The highest BCUT2D eigenvalue weighted by Gasteiger charge is 2.35. The van der Waals surface area contributed by atoms with Gasteiger partial charge in [0, 0.05) is 20.5 Å². The molecule has 0 N–H and O–H groups in total. The van der Waals surface area contributed by atoms with Gasteiger partial charge in [-0.25, -0.2) is 0 Å². The summed E-state index contributed by atoms with van der Waals surface area (Å²) in [5.74, 6) is -0.769. The fraction of sp³-hybridized carbons (Fsp3) is 0.118. The molecule has 1 nitrogen and oxygen atoms in total. The molecule has 0 spiro atoms. The zero-order valence-corrected chi connectivity index (χ0v) is 14.7. The first-order valence-corrected chi connectivity index (χ1v) is 7.87. The van der Waals surface area contributed by atoms with Crippen molar-refractivity contribution in [1.29, 1.82) is 0 Å². The summed E-state index contributed by atoms with van der Waals surface area (Å²) in [7, 11) is 0. The number of rotatable bonds is 3. The third kappa shape index (κ3) is 4.56. The molecule has 0 saturated carbocycles. The normalized spacial score (nSPS) is 12.4. The van der Waals surface area contributed by atoms with Gasteiger partial charge >= 0.3 is 6.18 Å². The van der Waals surface area contributed by atoms with Crippen LogP contribution in [-0.2, 0) is 0 Å². The van der Waals surface area contributed by atoms with Gasteiger partial charge in [0.15, 0.2) is 5.78 Å². The van der Waals surface area contributed by atoms with E-state index in [1.165, 1.54) is 18.2 Å². The molecule has 0 fully saturated rings. The lowest BCUT2D eigenvalue weighted by molar-refractivity contribution is -0.0689. The Labute approximate surface area is 152 Å². The molecule has 0 saturated heterocycles. The molecule has 7 heteroatoms. The van der Waals surface area contributed by atoms with Crippen LogP contribution in [0.15, 0.2) is 47.4 Å². The van der Waals surface area contributed by atoms with Gasteiger partial charge in [0.1, 0.15) is 0 Å². The smallest absolute Gasteiger partial charge is 0.289 e. The number of carbonyl (C=O) groups is 1. The quantitative estimate of drug-likeness (QED) is 0.363. The molecule has 2 aromatic carbocycles. The Morgan fingerprint density at radius 1 is 1.04 bits per heavy atom. The lowest BCUT2D eigenvalue weighted by Gasteiger charge is -2.13. The predicted octanol–water partition coefficient (Wildman–Crippen LogP) is 6.42. The zero-order chi connectivity index (χ0) is 18.1. The van der Waals surface area contributed by atoms with Gasteiger partial charge in [0.25, 0.3) is 0 Å². The van der Waals surface area contributed by atoms with Crippen LogP contribution >= 0.6 is 35.8 Å². The summed E-state index contributed by atoms with van der Waals surface area (Å²) < 4.78 is 40.1. The van der Waals surface area contributed by atoms with E-state index >= 15 is 0 Å². The van der Waals surface area contributed by atoms with E-state index < -0.39 is 17.5 Å². The number of carbonyl (C=O) groups excluding carboxylic acids is 1. The van der Waals surface area contributed by atoms with E-state index in [1.807, 2.05) is 0 Å². The highest BCUT2D eigenvalue weighted by molar-refractivity contribution is 7.80. The maximum atomic E-state index is 13.4. The third-order valence-electron chi connectivity index (χ3n) is 3.24. The fourth-order valence-corrected chi connectivity index (χ4v) is 2.73. The largest absolute Gasteiger partial charge is 0.417 e. The lowest BCUT2D eigenvalue weighted by atomic mass is 10.0. The molecule has 0 aliphatic carbocycles.